The first-order chi connectivity index (χ1) is 14.0. The van der Waals surface area contributed by atoms with Gasteiger partial charge in [0.2, 0.25) is 5.91 Å². The molecule has 8 heteroatoms. The van der Waals surface area contributed by atoms with Crippen LogP contribution in [0.1, 0.15) is 36.7 Å². The lowest BCUT2D eigenvalue weighted by Crippen LogP contribution is -2.27. The second-order valence-electron chi connectivity index (χ2n) is 7.56. The lowest BCUT2D eigenvalue weighted by molar-refractivity contribution is -0.141. The summed E-state index contributed by atoms with van der Waals surface area (Å²) in [5.41, 5.74) is 0.889. The summed E-state index contributed by atoms with van der Waals surface area (Å²) >= 11 is 0. The summed E-state index contributed by atoms with van der Waals surface area (Å²) < 4.78 is 33.5. The van der Waals surface area contributed by atoms with Crippen molar-refractivity contribution in [3.8, 4) is 5.75 Å². The van der Waals surface area contributed by atoms with E-state index in [2.05, 4.69) is 10.1 Å². The van der Waals surface area contributed by atoms with Crippen LogP contribution in [-0.2, 0) is 20.7 Å². The summed E-state index contributed by atoms with van der Waals surface area (Å²) in [6.45, 7) is 2.02. The standard InChI is InChI=1S/C22H23F2NO5/c1-22(2,3)20(28)25-16-8-6-15(7-9-16)18(26)13-29-19(27)12-14-4-10-17(11-5-14)30-21(23)24/h4-11,21H,12-13H2,1-3H3,(H,25,28). The van der Waals surface area contributed by atoms with Crippen LogP contribution in [0.4, 0.5) is 14.5 Å². The zero-order chi connectivity index (χ0) is 22.3. The van der Waals surface area contributed by atoms with Crippen LogP contribution in [0.5, 0.6) is 5.75 Å². The molecule has 0 aromatic heterocycles. The monoisotopic (exact) mass is 419 g/mol. The fourth-order valence-corrected chi connectivity index (χ4v) is 2.29. The highest BCUT2D eigenvalue weighted by atomic mass is 19.3. The first-order valence-electron chi connectivity index (χ1n) is 9.18. The number of carbonyl (C=O) groups is 3. The Balaban J connectivity index is 1.83. The van der Waals surface area contributed by atoms with Crippen LogP contribution >= 0.6 is 0 Å². The number of amides is 1. The van der Waals surface area contributed by atoms with Crippen LogP contribution in [0.25, 0.3) is 0 Å². The molecule has 2 aromatic rings. The van der Waals surface area contributed by atoms with Gasteiger partial charge in [-0.3, -0.25) is 14.4 Å². The van der Waals surface area contributed by atoms with E-state index < -0.39 is 30.4 Å². The van der Waals surface area contributed by atoms with E-state index in [-0.39, 0.29) is 18.1 Å². The number of halogens is 2. The Labute approximate surface area is 173 Å². The van der Waals surface area contributed by atoms with Gasteiger partial charge in [-0.1, -0.05) is 32.9 Å². The molecule has 2 rings (SSSR count). The van der Waals surface area contributed by atoms with Crippen LogP contribution in [0.15, 0.2) is 48.5 Å². The summed E-state index contributed by atoms with van der Waals surface area (Å²) in [6.07, 6.45) is -0.111. The highest BCUT2D eigenvalue weighted by Gasteiger charge is 2.21. The number of Topliss-reactive ketones (excluding diaryl/α,β-unsaturated/α-hetero) is 1. The van der Waals surface area contributed by atoms with Crippen molar-refractivity contribution < 1.29 is 32.6 Å². The van der Waals surface area contributed by atoms with Crippen molar-refractivity contribution >= 4 is 23.3 Å². The number of alkyl halides is 2. The molecular formula is C22H23F2NO5. The Bertz CT molecular complexity index is 887. The van der Waals surface area contributed by atoms with Crippen LogP contribution in [0, 0.1) is 5.41 Å². The predicted octanol–water partition coefficient (Wildman–Crippen LogP) is 4.24. The van der Waals surface area contributed by atoms with E-state index >= 15 is 0 Å². The Morgan fingerprint density at radius 3 is 2.10 bits per heavy atom. The molecule has 1 N–H and O–H groups in total. The summed E-state index contributed by atoms with van der Waals surface area (Å²) in [6, 6.07) is 11.8. The first kappa shape index (κ1) is 23.0. The molecule has 6 nitrogen and oxygen atoms in total. The fraction of sp³-hybridized carbons (Fsp3) is 0.318. The van der Waals surface area contributed by atoms with Crippen LogP contribution in [-0.4, -0.2) is 30.9 Å². The van der Waals surface area contributed by atoms with Crippen molar-refractivity contribution in [2.24, 2.45) is 5.41 Å². The van der Waals surface area contributed by atoms with Gasteiger partial charge >= 0.3 is 12.6 Å². The van der Waals surface area contributed by atoms with E-state index in [9.17, 15) is 23.2 Å². The second kappa shape index (κ2) is 9.96. The van der Waals surface area contributed by atoms with Crippen molar-refractivity contribution in [3.05, 3.63) is 59.7 Å². The first-order valence-corrected chi connectivity index (χ1v) is 9.18. The van der Waals surface area contributed by atoms with E-state index in [1.54, 1.807) is 32.9 Å². The van der Waals surface area contributed by atoms with Crippen LogP contribution in [0.2, 0.25) is 0 Å². The van der Waals surface area contributed by atoms with Gasteiger partial charge in [0, 0.05) is 16.7 Å². The lowest BCUT2D eigenvalue weighted by Gasteiger charge is -2.17. The number of benzene rings is 2. The number of hydrogen-bond donors (Lipinski definition) is 1. The van der Waals surface area contributed by atoms with Gasteiger partial charge in [-0.05, 0) is 42.0 Å². The lowest BCUT2D eigenvalue weighted by atomic mass is 9.95. The summed E-state index contributed by atoms with van der Waals surface area (Å²) in [5.74, 6) is -1.18. The van der Waals surface area contributed by atoms with E-state index in [1.165, 1.54) is 36.4 Å². The highest BCUT2D eigenvalue weighted by molar-refractivity contribution is 5.99. The van der Waals surface area contributed by atoms with Crippen LogP contribution in [0.3, 0.4) is 0 Å². The molecule has 30 heavy (non-hydrogen) atoms. The SMILES string of the molecule is CC(C)(C)C(=O)Nc1ccc(C(=O)COC(=O)Cc2ccc(OC(F)F)cc2)cc1. The molecule has 0 saturated heterocycles. The maximum atomic E-state index is 12.2. The van der Waals surface area contributed by atoms with Crippen molar-refractivity contribution in [2.45, 2.75) is 33.8 Å². The topological polar surface area (TPSA) is 81.7 Å². The maximum Gasteiger partial charge on any atom is 0.387 e. The zero-order valence-electron chi connectivity index (χ0n) is 16.9. The molecule has 160 valence electrons. The van der Waals surface area contributed by atoms with Crippen molar-refractivity contribution in [1.29, 1.82) is 0 Å². The molecule has 0 saturated carbocycles. The molecule has 0 spiro atoms. The van der Waals surface area contributed by atoms with Gasteiger partial charge < -0.3 is 14.8 Å². The molecular weight excluding hydrogens is 396 g/mol. The third-order valence-electron chi connectivity index (χ3n) is 4.01. The highest BCUT2D eigenvalue weighted by Crippen LogP contribution is 2.18. The number of nitrogens with one attached hydrogen (secondary N) is 1. The number of ketones is 1. The van der Waals surface area contributed by atoms with Gasteiger partial charge in [0.15, 0.2) is 12.4 Å². The molecule has 0 aliphatic heterocycles. The van der Waals surface area contributed by atoms with Gasteiger partial charge in [-0.2, -0.15) is 8.78 Å². The van der Waals surface area contributed by atoms with Gasteiger partial charge in [-0.25, -0.2) is 0 Å². The predicted molar refractivity (Wildman–Crippen MR) is 107 cm³/mol. The Hall–Kier alpha value is -3.29. The van der Waals surface area contributed by atoms with Gasteiger partial charge in [-0.15, -0.1) is 0 Å². The smallest absolute Gasteiger partial charge is 0.387 e. The number of hydrogen-bond acceptors (Lipinski definition) is 5. The molecule has 0 heterocycles. The van der Waals surface area contributed by atoms with Crippen molar-refractivity contribution in [2.75, 3.05) is 11.9 Å². The average Bonchev–Trinajstić information content (AvgIpc) is 2.67. The summed E-state index contributed by atoms with van der Waals surface area (Å²) in [4.78, 5) is 36.1. The number of esters is 1. The van der Waals surface area contributed by atoms with Gasteiger partial charge in [0.1, 0.15) is 5.75 Å². The minimum Gasteiger partial charge on any atom is -0.457 e. The maximum absolute atomic E-state index is 12.2. The fourth-order valence-electron chi connectivity index (χ4n) is 2.29. The molecule has 0 aliphatic rings. The molecule has 0 unspecified atom stereocenters. The Kier molecular flexibility index (Phi) is 7.63. The quantitative estimate of drug-likeness (QED) is 0.511. The number of rotatable bonds is 8. The van der Waals surface area contributed by atoms with E-state index in [1.807, 2.05) is 0 Å². The molecule has 0 radical (unpaired) electrons. The van der Waals surface area contributed by atoms with Crippen molar-refractivity contribution in [3.63, 3.8) is 0 Å². The molecule has 0 fully saturated rings. The Morgan fingerprint density at radius 1 is 0.967 bits per heavy atom. The average molecular weight is 419 g/mol. The largest absolute Gasteiger partial charge is 0.457 e. The van der Waals surface area contributed by atoms with Gasteiger partial charge in [0.25, 0.3) is 0 Å². The van der Waals surface area contributed by atoms with E-state index in [0.29, 0.717) is 16.8 Å². The molecule has 0 aliphatic carbocycles. The summed E-state index contributed by atoms with van der Waals surface area (Å²) in [5, 5.41) is 2.75. The normalized spacial score (nSPS) is 11.1. The minimum absolute atomic E-state index is 0.0144. The Morgan fingerprint density at radius 2 is 1.57 bits per heavy atom. The number of anilines is 1. The van der Waals surface area contributed by atoms with Crippen molar-refractivity contribution in [1.82, 2.24) is 0 Å². The molecule has 0 bridgehead atoms. The third-order valence-corrected chi connectivity index (χ3v) is 4.01. The molecule has 0 atom stereocenters. The summed E-state index contributed by atoms with van der Waals surface area (Å²) in [7, 11) is 0. The minimum atomic E-state index is -2.92. The third kappa shape index (κ3) is 7.27. The van der Waals surface area contributed by atoms with Crippen LogP contribution < -0.4 is 10.1 Å². The zero-order valence-corrected chi connectivity index (χ0v) is 16.9. The van der Waals surface area contributed by atoms with E-state index in [4.69, 9.17) is 4.74 Å². The van der Waals surface area contributed by atoms with Gasteiger partial charge in [0.05, 0.1) is 6.42 Å². The second-order valence-corrected chi connectivity index (χ2v) is 7.56. The number of ether oxygens (including phenoxy) is 2. The number of carbonyl (C=O) groups excluding carboxylic acids is 3. The molecule has 1 amide bonds. The van der Waals surface area contributed by atoms with E-state index in [0.717, 1.165) is 0 Å². The molecule has 2 aromatic carbocycles.